The molecule has 0 radical (unpaired) electrons. The molecule has 5 rings (SSSR count). The SMILES string of the molecule is CCOC1=C[C@@]23CC(C)(C)[C@@H](OCc4ccccc4)[C@@H]2C[C@@]1(C(=O)O)/C3=C/C(=O)c1ccccc1. The smallest absolute Gasteiger partial charge is 0.321 e. The summed E-state index contributed by atoms with van der Waals surface area (Å²) in [5.41, 5.74) is 0.150. The van der Waals surface area contributed by atoms with E-state index in [1.54, 1.807) is 18.2 Å². The second-order valence-corrected chi connectivity index (χ2v) is 10.7. The van der Waals surface area contributed by atoms with Crippen LogP contribution in [-0.2, 0) is 20.9 Å². The van der Waals surface area contributed by atoms with Crippen molar-refractivity contribution < 1.29 is 24.2 Å². The van der Waals surface area contributed by atoms with Gasteiger partial charge in [-0.05, 0) is 48.5 Å². The van der Waals surface area contributed by atoms with E-state index in [4.69, 9.17) is 9.47 Å². The average Bonchev–Trinajstić information content (AvgIpc) is 3.33. The number of aliphatic carboxylic acids is 1. The van der Waals surface area contributed by atoms with Gasteiger partial charge in [-0.1, -0.05) is 74.5 Å². The minimum Gasteiger partial charge on any atom is -0.497 e. The molecule has 4 atom stereocenters. The zero-order valence-corrected chi connectivity index (χ0v) is 20.5. The summed E-state index contributed by atoms with van der Waals surface area (Å²) < 4.78 is 12.5. The van der Waals surface area contributed by atoms with Crippen LogP contribution in [0.1, 0.15) is 49.5 Å². The Kier molecular flexibility index (Phi) is 5.71. The van der Waals surface area contributed by atoms with Crippen molar-refractivity contribution in [2.45, 2.75) is 46.3 Å². The molecule has 2 fully saturated rings. The molecule has 35 heavy (non-hydrogen) atoms. The molecule has 182 valence electrons. The number of carboxylic acid groups (broad SMARTS) is 1. The second-order valence-electron chi connectivity index (χ2n) is 10.7. The fourth-order valence-electron chi connectivity index (χ4n) is 6.85. The van der Waals surface area contributed by atoms with Gasteiger partial charge in [0.05, 0.1) is 19.3 Å². The fraction of sp³-hybridized carbons (Fsp3) is 0.400. The molecule has 0 amide bonds. The van der Waals surface area contributed by atoms with Crippen molar-refractivity contribution in [1.29, 1.82) is 0 Å². The molecular weight excluding hydrogens is 440 g/mol. The summed E-state index contributed by atoms with van der Waals surface area (Å²) in [5, 5.41) is 10.6. The maximum atomic E-state index is 13.3. The van der Waals surface area contributed by atoms with Crippen LogP contribution < -0.4 is 0 Å². The molecule has 2 saturated carbocycles. The van der Waals surface area contributed by atoms with Gasteiger partial charge in [0.1, 0.15) is 11.2 Å². The summed E-state index contributed by atoms with van der Waals surface area (Å²) in [7, 11) is 0. The van der Waals surface area contributed by atoms with Crippen LogP contribution in [0.3, 0.4) is 0 Å². The van der Waals surface area contributed by atoms with Gasteiger partial charge >= 0.3 is 5.97 Å². The number of fused-ring (bicyclic) bond motifs is 1. The number of hydrogen-bond acceptors (Lipinski definition) is 4. The third kappa shape index (κ3) is 3.56. The Morgan fingerprint density at radius 1 is 1.06 bits per heavy atom. The maximum absolute atomic E-state index is 13.3. The van der Waals surface area contributed by atoms with Crippen molar-refractivity contribution in [2.24, 2.45) is 22.2 Å². The number of rotatable bonds is 8. The molecule has 5 nitrogen and oxygen atoms in total. The highest BCUT2D eigenvalue weighted by molar-refractivity contribution is 6.06. The molecule has 0 heterocycles. The van der Waals surface area contributed by atoms with Crippen LogP contribution in [0.25, 0.3) is 0 Å². The number of benzene rings is 2. The van der Waals surface area contributed by atoms with Gasteiger partial charge in [-0.25, -0.2) is 0 Å². The molecule has 2 bridgehead atoms. The number of carboxylic acids is 1. The van der Waals surface area contributed by atoms with Crippen molar-refractivity contribution in [3.8, 4) is 0 Å². The van der Waals surface area contributed by atoms with Gasteiger partial charge in [-0.3, -0.25) is 9.59 Å². The second kappa shape index (κ2) is 8.49. The van der Waals surface area contributed by atoms with E-state index < -0.39 is 16.8 Å². The standard InChI is InChI=1S/C30H32O5/c1-4-34-25-17-29-19-28(2,3)26(35-18-20-11-7-5-8-12-20)22(29)16-30(25,27(32)33)24(29)15-23(31)21-13-9-6-10-14-21/h5-15,17,22,26H,4,16,18-19H2,1-3H3,(H,32,33)/b24-15+/t22-,26-,29+,30+/m0/s1. The van der Waals surface area contributed by atoms with Crippen molar-refractivity contribution in [2.75, 3.05) is 6.61 Å². The van der Waals surface area contributed by atoms with Gasteiger partial charge < -0.3 is 14.6 Å². The van der Waals surface area contributed by atoms with E-state index in [1.165, 1.54) is 0 Å². The van der Waals surface area contributed by atoms with E-state index in [2.05, 4.69) is 13.8 Å². The first-order valence-electron chi connectivity index (χ1n) is 12.3. The van der Waals surface area contributed by atoms with Gasteiger partial charge in [-0.2, -0.15) is 0 Å². The van der Waals surface area contributed by atoms with Crippen molar-refractivity contribution >= 4 is 11.8 Å². The molecule has 0 unspecified atom stereocenters. The lowest BCUT2D eigenvalue weighted by Gasteiger charge is -2.34. The molecular formula is C30H32O5. The average molecular weight is 473 g/mol. The van der Waals surface area contributed by atoms with Crippen LogP contribution in [0, 0.1) is 22.2 Å². The van der Waals surface area contributed by atoms with Gasteiger partial charge in [0.15, 0.2) is 5.78 Å². The zero-order valence-electron chi connectivity index (χ0n) is 20.5. The first-order valence-corrected chi connectivity index (χ1v) is 12.3. The van der Waals surface area contributed by atoms with Crippen molar-refractivity contribution in [1.82, 2.24) is 0 Å². The van der Waals surface area contributed by atoms with E-state index in [1.807, 2.05) is 61.5 Å². The number of allylic oxidation sites excluding steroid dienone is 2. The van der Waals surface area contributed by atoms with Crippen LogP contribution in [0.2, 0.25) is 0 Å². The van der Waals surface area contributed by atoms with E-state index in [0.717, 1.165) is 5.56 Å². The van der Waals surface area contributed by atoms with Crippen LogP contribution >= 0.6 is 0 Å². The molecule has 1 N–H and O–H groups in total. The zero-order chi connectivity index (χ0) is 24.8. The Morgan fingerprint density at radius 2 is 1.71 bits per heavy atom. The Morgan fingerprint density at radius 3 is 2.34 bits per heavy atom. The number of ether oxygens (including phenoxy) is 2. The van der Waals surface area contributed by atoms with Crippen molar-refractivity contribution in [3.63, 3.8) is 0 Å². The Balaban J connectivity index is 1.59. The van der Waals surface area contributed by atoms with Crippen LogP contribution in [0.5, 0.6) is 0 Å². The Bertz CT molecular complexity index is 1200. The van der Waals surface area contributed by atoms with E-state index >= 15 is 0 Å². The van der Waals surface area contributed by atoms with Gasteiger partial charge in [0.2, 0.25) is 0 Å². The third-order valence-electron chi connectivity index (χ3n) is 8.11. The molecule has 3 aliphatic carbocycles. The molecule has 0 aromatic heterocycles. The van der Waals surface area contributed by atoms with E-state index in [0.29, 0.717) is 43.0 Å². The molecule has 0 aliphatic heterocycles. The van der Waals surface area contributed by atoms with E-state index in [-0.39, 0.29) is 23.2 Å². The Hall–Kier alpha value is -3.18. The summed E-state index contributed by atoms with van der Waals surface area (Å²) in [4.78, 5) is 26.3. The monoisotopic (exact) mass is 472 g/mol. The van der Waals surface area contributed by atoms with Gasteiger partial charge in [-0.15, -0.1) is 0 Å². The largest absolute Gasteiger partial charge is 0.497 e. The molecule has 0 saturated heterocycles. The van der Waals surface area contributed by atoms with Crippen LogP contribution in [0.4, 0.5) is 0 Å². The highest BCUT2D eigenvalue weighted by Gasteiger charge is 2.74. The topological polar surface area (TPSA) is 72.8 Å². The summed E-state index contributed by atoms with van der Waals surface area (Å²) in [5.74, 6) is -0.731. The summed E-state index contributed by atoms with van der Waals surface area (Å²) >= 11 is 0. The first kappa shape index (κ1) is 23.6. The lowest BCUT2D eigenvalue weighted by atomic mass is 9.74. The molecule has 5 heteroatoms. The van der Waals surface area contributed by atoms with E-state index in [9.17, 15) is 14.7 Å². The first-order chi connectivity index (χ1) is 16.7. The molecule has 2 aromatic rings. The number of ketones is 1. The van der Waals surface area contributed by atoms with Gasteiger partial charge in [0.25, 0.3) is 0 Å². The Labute approximate surface area is 206 Å². The predicted octanol–water partition coefficient (Wildman–Crippen LogP) is 5.82. The highest BCUT2D eigenvalue weighted by atomic mass is 16.5. The number of hydrogen-bond donors (Lipinski definition) is 1. The minimum absolute atomic E-state index is 0.0589. The third-order valence-corrected chi connectivity index (χ3v) is 8.11. The number of carbonyl (C=O) groups is 2. The van der Waals surface area contributed by atoms with Crippen LogP contribution in [-0.4, -0.2) is 29.6 Å². The highest BCUT2D eigenvalue weighted by Crippen LogP contribution is 2.75. The molecule has 2 aromatic carbocycles. The summed E-state index contributed by atoms with van der Waals surface area (Å²) in [6.07, 6.45) is 4.51. The summed E-state index contributed by atoms with van der Waals surface area (Å²) in [6, 6.07) is 19.1. The molecule has 1 spiro atoms. The minimum atomic E-state index is -1.34. The fourth-order valence-corrected chi connectivity index (χ4v) is 6.85. The van der Waals surface area contributed by atoms with Crippen LogP contribution in [0.15, 0.2) is 84.1 Å². The molecule has 3 aliphatic rings. The van der Waals surface area contributed by atoms with Gasteiger partial charge in [0, 0.05) is 16.9 Å². The summed E-state index contributed by atoms with van der Waals surface area (Å²) in [6.45, 7) is 7.06. The maximum Gasteiger partial charge on any atom is 0.321 e. The quantitative estimate of drug-likeness (QED) is 0.387. The van der Waals surface area contributed by atoms with Crippen molar-refractivity contribution in [3.05, 3.63) is 95.3 Å². The number of carbonyl (C=O) groups excluding carboxylic acids is 1. The normalized spacial score (nSPS) is 31.3. The predicted molar refractivity (Wildman–Crippen MR) is 133 cm³/mol. The lowest BCUT2D eigenvalue weighted by Crippen LogP contribution is -2.37. The lowest BCUT2D eigenvalue weighted by molar-refractivity contribution is -0.147.